The maximum atomic E-state index is 13.1. The van der Waals surface area contributed by atoms with Crippen LogP contribution in [0.4, 0.5) is 4.39 Å². The number of aliphatic carboxylic acids is 1. The fourth-order valence-corrected chi connectivity index (χ4v) is 3.70. The van der Waals surface area contributed by atoms with Gasteiger partial charge in [0.25, 0.3) is 0 Å². The molecule has 0 unspecified atom stereocenters. The molecule has 7 heteroatoms. The molecule has 128 valence electrons. The Kier molecular flexibility index (Phi) is 4.13. The Hall–Kier alpha value is -2.28. The molecule has 24 heavy (non-hydrogen) atoms. The molecule has 1 heterocycles. The van der Waals surface area contributed by atoms with Crippen LogP contribution in [0.1, 0.15) is 25.3 Å². The Bertz CT molecular complexity index is 719. The standard InChI is InChI=1S/C17H20FN3O3/c1-16(15(22)23)7-6-13(8-12-2-4-14(18)5-3-12)17(16,24)9-21-11-19-10-20-21/h2-5,10-11,13,24H,6-9H2,1H3,(H,22,23)/t13-,16+,17+/m1/s1. The van der Waals surface area contributed by atoms with Gasteiger partial charge in [-0.15, -0.1) is 0 Å². The van der Waals surface area contributed by atoms with Crippen molar-refractivity contribution in [3.05, 3.63) is 48.3 Å². The molecule has 1 aliphatic carbocycles. The van der Waals surface area contributed by atoms with Gasteiger partial charge in [-0.25, -0.2) is 9.37 Å². The summed E-state index contributed by atoms with van der Waals surface area (Å²) in [5.41, 5.74) is -1.88. The van der Waals surface area contributed by atoms with E-state index in [2.05, 4.69) is 10.1 Å². The van der Waals surface area contributed by atoms with Crippen molar-refractivity contribution >= 4 is 5.97 Å². The number of carbonyl (C=O) groups is 1. The summed E-state index contributed by atoms with van der Waals surface area (Å²) >= 11 is 0. The largest absolute Gasteiger partial charge is 0.481 e. The zero-order valence-electron chi connectivity index (χ0n) is 13.4. The molecule has 3 atom stereocenters. The number of carboxylic acid groups (broad SMARTS) is 1. The Morgan fingerprint density at radius 1 is 1.42 bits per heavy atom. The van der Waals surface area contributed by atoms with Crippen LogP contribution in [0.3, 0.4) is 0 Å². The molecule has 1 aromatic carbocycles. The third kappa shape index (κ3) is 2.69. The topological polar surface area (TPSA) is 88.2 Å². The summed E-state index contributed by atoms with van der Waals surface area (Å²) in [6.45, 7) is 1.64. The minimum atomic E-state index is -1.47. The van der Waals surface area contributed by atoms with E-state index in [1.807, 2.05) is 0 Å². The van der Waals surface area contributed by atoms with Gasteiger partial charge in [-0.2, -0.15) is 5.10 Å². The van der Waals surface area contributed by atoms with Crippen molar-refractivity contribution < 1.29 is 19.4 Å². The van der Waals surface area contributed by atoms with Gasteiger partial charge in [0, 0.05) is 0 Å². The van der Waals surface area contributed by atoms with E-state index in [0.717, 1.165) is 5.56 Å². The van der Waals surface area contributed by atoms with E-state index in [4.69, 9.17) is 0 Å². The first-order chi connectivity index (χ1) is 11.3. The van der Waals surface area contributed by atoms with Crippen molar-refractivity contribution in [3.8, 4) is 0 Å². The number of rotatable bonds is 5. The van der Waals surface area contributed by atoms with Gasteiger partial charge in [0.2, 0.25) is 0 Å². The van der Waals surface area contributed by atoms with Crippen LogP contribution >= 0.6 is 0 Å². The highest BCUT2D eigenvalue weighted by Crippen LogP contribution is 2.52. The van der Waals surface area contributed by atoms with Crippen LogP contribution in [-0.4, -0.2) is 36.5 Å². The summed E-state index contributed by atoms with van der Waals surface area (Å²) in [5.74, 6) is -1.61. The van der Waals surface area contributed by atoms with Crippen molar-refractivity contribution in [2.24, 2.45) is 11.3 Å². The summed E-state index contributed by atoms with van der Waals surface area (Å²) in [7, 11) is 0. The lowest BCUT2D eigenvalue weighted by Crippen LogP contribution is -2.54. The fourth-order valence-electron chi connectivity index (χ4n) is 3.70. The summed E-state index contributed by atoms with van der Waals surface area (Å²) in [6.07, 6.45) is 4.25. The molecular formula is C17H20FN3O3. The summed E-state index contributed by atoms with van der Waals surface area (Å²) < 4.78 is 14.6. The van der Waals surface area contributed by atoms with E-state index in [1.165, 1.54) is 29.5 Å². The molecular weight excluding hydrogens is 313 g/mol. The van der Waals surface area contributed by atoms with Crippen molar-refractivity contribution in [2.75, 3.05) is 0 Å². The summed E-state index contributed by atoms with van der Waals surface area (Å²) in [4.78, 5) is 15.7. The second-order valence-electron chi connectivity index (χ2n) is 6.72. The zero-order chi connectivity index (χ0) is 17.4. The number of aliphatic hydroxyl groups is 1. The summed E-state index contributed by atoms with van der Waals surface area (Å²) in [6, 6.07) is 6.08. The van der Waals surface area contributed by atoms with Crippen LogP contribution in [-0.2, 0) is 17.8 Å². The number of hydrogen-bond acceptors (Lipinski definition) is 4. The lowest BCUT2D eigenvalue weighted by Gasteiger charge is -2.40. The molecule has 0 spiro atoms. The molecule has 6 nitrogen and oxygen atoms in total. The highest BCUT2D eigenvalue weighted by Gasteiger charge is 2.61. The van der Waals surface area contributed by atoms with E-state index in [1.54, 1.807) is 19.1 Å². The highest BCUT2D eigenvalue weighted by atomic mass is 19.1. The number of nitrogens with zero attached hydrogens (tertiary/aromatic N) is 3. The summed E-state index contributed by atoms with van der Waals surface area (Å²) in [5, 5.41) is 25.1. The zero-order valence-corrected chi connectivity index (χ0v) is 13.4. The quantitative estimate of drug-likeness (QED) is 0.872. The van der Waals surface area contributed by atoms with Crippen LogP contribution in [0.25, 0.3) is 0 Å². The smallest absolute Gasteiger partial charge is 0.312 e. The molecule has 0 saturated heterocycles. The molecule has 1 fully saturated rings. The van der Waals surface area contributed by atoms with Crippen LogP contribution in [0.15, 0.2) is 36.9 Å². The molecule has 0 radical (unpaired) electrons. The van der Waals surface area contributed by atoms with Gasteiger partial charge < -0.3 is 10.2 Å². The van der Waals surface area contributed by atoms with Gasteiger partial charge in [0.1, 0.15) is 24.1 Å². The minimum Gasteiger partial charge on any atom is -0.481 e. The number of aromatic nitrogens is 3. The first kappa shape index (κ1) is 16.6. The first-order valence-corrected chi connectivity index (χ1v) is 7.88. The third-order valence-corrected chi connectivity index (χ3v) is 5.36. The third-order valence-electron chi connectivity index (χ3n) is 5.36. The van der Waals surface area contributed by atoms with Crippen molar-refractivity contribution in [1.82, 2.24) is 14.8 Å². The highest BCUT2D eigenvalue weighted by molar-refractivity contribution is 5.76. The predicted octanol–water partition coefficient (Wildman–Crippen LogP) is 1.89. The van der Waals surface area contributed by atoms with Crippen LogP contribution in [0.2, 0.25) is 0 Å². The Morgan fingerprint density at radius 3 is 2.71 bits per heavy atom. The number of halogens is 1. The predicted molar refractivity (Wildman–Crippen MR) is 83.5 cm³/mol. The normalized spacial score (nSPS) is 29.7. The fraction of sp³-hybridized carbons (Fsp3) is 0.471. The number of carboxylic acids is 1. The Labute approximate surface area is 139 Å². The molecule has 2 N–H and O–H groups in total. The molecule has 0 amide bonds. The van der Waals surface area contributed by atoms with Crippen molar-refractivity contribution in [3.63, 3.8) is 0 Å². The molecule has 1 aliphatic rings. The van der Waals surface area contributed by atoms with Gasteiger partial charge in [-0.3, -0.25) is 9.48 Å². The number of benzene rings is 1. The maximum absolute atomic E-state index is 13.1. The van der Waals surface area contributed by atoms with Crippen molar-refractivity contribution in [2.45, 2.75) is 38.3 Å². The molecule has 2 aromatic rings. The molecule has 0 bridgehead atoms. The van der Waals surface area contributed by atoms with Gasteiger partial charge in [-0.05, 0) is 49.8 Å². The van der Waals surface area contributed by atoms with Crippen LogP contribution in [0.5, 0.6) is 0 Å². The van der Waals surface area contributed by atoms with E-state index in [-0.39, 0.29) is 18.3 Å². The van der Waals surface area contributed by atoms with Gasteiger partial charge in [0.05, 0.1) is 12.0 Å². The van der Waals surface area contributed by atoms with Gasteiger partial charge in [-0.1, -0.05) is 12.1 Å². The lowest BCUT2D eigenvalue weighted by atomic mass is 9.71. The average molecular weight is 333 g/mol. The second-order valence-corrected chi connectivity index (χ2v) is 6.72. The molecule has 1 aromatic heterocycles. The molecule has 1 saturated carbocycles. The first-order valence-electron chi connectivity index (χ1n) is 7.88. The molecule has 3 rings (SSSR count). The van der Waals surface area contributed by atoms with Gasteiger partial charge >= 0.3 is 5.97 Å². The van der Waals surface area contributed by atoms with Crippen LogP contribution in [0, 0.1) is 17.2 Å². The Morgan fingerprint density at radius 2 is 2.12 bits per heavy atom. The lowest BCUT2D eigenvalue weighted by molar-refractivity contribution is -0.169. The maximum Gasteiger partial charge on any atom is 0.312 e. The minimum absolute atomic E-state index is 0.0572. The van der Waals surface area contributed by atoms with Gasteiger partial charge in [0.15, 0.2) is 0 Å². The Balaban J connectivity index is 1.92. The monoisotopic (exact) mass is 333 g/mol. The SMILES string of the molecule is C[C@@]1(C(=O)O)CC[C@H](Cc2ccc(F)cc2)[C@@]1(O)Cn1cncn1. The van der Waals surface area contributed by atoms with Crippen LogP contribution < -0.4 is 0 Å². The van der Waals surface area contributed by atoms with E-state index >= 15 is 0 Å². The second kappa shape index (κ2) is 5.98. The van der Waals surface area contributed by atoms with E-state index < -0.39 is 17.0 Å². The van der Waals surface area contributed by atoms with E-state index in [9.17, 15) is 19.4 Å². The van der Waals surface area contributed by atoms with Crippen molar-refractivity contribution in [1.29, 1.82) is 0 Å². The number of hydrogen-bond donors (Lipinski definition) is 2. The molecule has 0 aliphatic heterocycles. The van der Waals surface area contributed by atoms with E-state index in [0.29, 0.717) is 19.3 Å². The average Bonchev–Trinajstić information content (AvgIpc) is 3.12.